The first-order valence-corrected chi connectivity index (χ1v) is 16.6. The number of carbonyl (C=O) groups is 2. The zero-order chi connectivity index (χ0) is 29.3. The Balaban J connectivity index is 1.22. The van der Waals surface area contributed by atoms with Crippen LogP contribution < -0.4 is 14.9 Å². The van der Waals surface area contributed by atoms with E-state index in [2.05, 4.69) is 27.9 Å². The van der Waals surface area contributed by atoms with Gasteiger partial charge in [0, 0.05) is 38.1 Å². The van der Waals surface area contributed by atoms with Crippen LogP contribution in [0.15, 0.2) is 60.8 Å². The van der Waals surface area contributed by atoms with E-state index in [1.165, 1.54) is 10.6 Å². The first kappa shape index (κ1) is 28.4. The Morgan fingerprint density at radius 1 is 1.07 bits per heavy atom. The molecule has 0 radical (unpaired) electrons. The number of rotatable bonds is 7. The van der Waals surface area contributed by atoms with Gasteiger partial charge in [0.25, 0.3) is 5.91 Å². The monoisotopic (exact) mass is 590 g/mol. The van der Waals surface area contributed by atoms with Crippen molar-refractivity contribution in [2.45, 2.75) is 44.1 Å². The third kappa shape index (κ3) is 5.55. The normalized spacial score (nSPS) is 20.0. The third-order valence-corrected chi connectivity index (χ3v) is 10.2. The number of fused-ring (bicyclic) bond motifs is 2. The number of nitrogens with one attached hydrogen (secondary N) is 2. The van der Waals surface area contributed by atoms with Crippen LogP contribution in [0.3, 0.4) is 0 Å². The smallest absolute Gasteiger partial charge is 0.259 e. The van der Waals surface area contributed by atoms with Crippen LogP contribution in [-0.4, -0.2) is 73.9 Å². The lowest BCUT2D eigenvalue weighted by atomic mass is 9.74. The molecular weight excluding hydrogens is 552 g/mol. The molecule has 2 aromatic carbocycles. The fraction of sp³-hybridized carbons (Fsp3) is 0.452. The summed E-state index contributed by atoms with van der Waals surface area (Å²) >= 11 is 0. The van der Waals surface area contributed by atoms with Crippen LogP contribution in [0.4, 0.5) is 11.5 Å². The van der Waals surface area contributed by atoms with Crippen LogP contribution in [0, 0.1) is 5.92 Å². The zero-order valence-corrected chi connectivity index (χ0v) is 24.8. The summed E-state index contributed by atoms with van der Waals surface area (Å²) in [7, 11) is -3.42. The van der Waals surface area contributed by atoms with Gasteiger partial charge in [-0.25, -0.2) is 13.1 Å². The first-order valence-electron chi connectivity index (χ1n) is 14.7. The summed E-state index contributed by atoms with van der Waals surface area (Å²) in [6, 6.07) is 17.8. The number of carbonyl (C=O) groups excluding carboxylic acids is 2. The summed E-state index contributed by atoms with van der Waals surface area (Å²) in [4.78, 5) is 29.0. The van der Waals surface area contributed by atoms with E-state index in [9.17, 15) is 18.0 Å². The highest BCUT2D eigenvalue weighted by atomic mass is 32.2. The predicted octanol–water partition coefficient (Wildman–Crippen LogP) is 3.02. The highest BCUT2D eigenvalue weighted by molar-refractivity contribution is 7.92. The maximum atomic E-state index is 13.9. The molecule has 11 heteroatoms. The summed E-state index contributed by atoms with van der Waals surface area (Å²) in [5.74, 6) is 0.0216. The van der Waals surface area contributed by atoms with Gasteiger partial charge in [-0.2, -0.15) is 5.10 Å². The molecule has 3 aliphatic heterocycles. The van der Waals surface area contributed by atoms with E-state index >= 15 is 0 Å². The van der Waals surface area contributed by atoms with Gasteiger partial charge in [0.15, 0.2) is 0 Å². The van der Waals surface area contributed by atoms with Crippen molar-refractivity contribution in [2.24, 2.45) is 5.92 Å². The van der Waals surface area contributed by atoms with Crippen LogP contribution in [-0.2, 0) is 33.2 Å². The third-order valence-electron chi connectivity index (χ3n) is 9.03. The topological polar surface area (TPSA) is 117 Å². The molecule has 2 N–H and O–H groups in total. The van der Waals surface area contributed by atoms with Crippen molar-refractivity contribution in [3.8, 4) is 0 Å². The fourth-order valence-electron chi connectivity index (χ4n) is 6.63. The quantitative estimate of drug-likeness (QED) is 0.437. The number of hydrogen-bond donors (Lipinski definition) is 2. The number of aryl methyl sites for hydroxylation is 2. The van der Waals surface area contributed by atoms with Gasteiger partial charge >= 0.3 is 0 Å². The summed E-state index contributed by atoms with van der Waals surface area (Å²) in [5, 5.41) is 10.9. The molecule has 1 spiro atoms. The minimum absolute atomic E-state index is 0.0984. The molecular formula is C31H38N6O4S. The Morgan fingerprint density at radius 3 is 2.52 bits per heavy atom. The standard InChI is InChI=1S/C31H38N6O4S/c1-42(40,41)37-22-31(26-11-5-6-12-27(26)37)14-18-35(19-15-31)30(39)25-21-33-36(17-13-23-8-3-2-4-9-23)28(25)34-29(38)24-10-7-16-32-20-24/h2-6,8-9,11-12,21,24,32H,7,10,13-20,22H2,1H3,(H,34,38). The second kappa shape index (κ2) is 11.5. The lowest BCUT2D eigenvalue weighted by Gasteiger charge is -2.39. The summed E-state index contributed by atoms with van der Waals surface area (Å²) < 4.78 is 28.4. The van der Waals surface area contributed by atoms with Gasteiger partial charge in [-0.05, 0) is 55.8 Å². The maximum Gasteiger partial charge on any atom is 0.259 e. The number of amides is 2. The van der Waals surface area contributed by atoms with Gasteiger partial charge in [0.2, 0.25) is 15.9 Å². The van der Waals surface area contributed by atoms with Gasteiger partial charge in [-0.3, -0.25) is 13.9 Å². The van der Waals surface area contributed by atoms with Crippen molar-refractivity contribution in [1.82, 2.24) is 20.0 Å². The number of anilines is 2. The number of hydrogen-bond acceptors (Lipinski definition) is 6. The molecule has 1 unspecified atom stereocenters. The largest absolute Gasteiger partial charge is 0.338 e. The van der Waals surface area contributed by atoms with Crippen LogP contribution in [0.1, 0.15) is 47.2 Å². The van der Waals surface area contributed by atoms with E-state index in [0.29, 0.717) is 63.4 Å². The highest BCUT2D eigenvalue weighted by Crippen LogP contribution is 2.48. The average Bonchev–Trinajstić information content (AvgIpc) is 3.56. The number of likely N-dealkylation sites (tertiary alicyclic amines) is 1. The molecule has 6 rings (SSSR count). The van der Waals surface area contributed by atoms with E-state index in [-0.39, 0.29) is 23.1 Å². The lowest BCUT2D eigenvalue weighted by molar-refractivity contribution is -0.120. The molecule has 222 valence electrons. The maximum absolute atomic E-state index is 13.9. The van der Waals surface area contributed by atoms with Crippen LogP contribution in [0.2, 0.25) is 0 Å². The molecule has 42 heavy (non-hydrogen) atoms. The summed E-state index contributed by atoms with van der Waals surface area (Å²) in [5.41, 5.74) is 2.98. The molecule has 4 heterocycles. The van der Waals surface area contributed by atoms with E-state index in [1.54, 1.807) is 10.9 Å². The Morgan fingerprint density at radius 2 is 1.81 bits per heavy atom. The molecule has 2 fully saturated rings. The highest BCUT2D eigenvalue weighted by Gasteiger charge is 2.47. The summed E-state index contributed by atoms with van der Waals surface area (Å²) in [6.07, 6.45) is 6.58. The molecule has 2 saturated heterocycles. The van der Waals surface area contributed by atoms with Gasteiger partial charge in [-0.1, -0.05) is 48.5 Å². The van der Waals surface area contributed by atoms with E-state index in [4.69, 9.17) is 0 Å². The Bertz CT molecular complexity index is 1560. The van der Waals surface area contributed by atoms with E-state index in [0.717, 1.165) is 36.2 Å². The number of sulfonamides is 1. The minimum atomic E-state index is -3.42. The second-order valence-corrected chi connectivity index (χ2v) is 13.7. The molecule has 3 aromatic rings. The van der Waals surface area contributed by atoms with Crippen molar-refractivity contribution in [1.29, 1.82) is 0 Å². The number of benzene rings is 2. The molecule has 10 nitrogen and oxygen atoms in total. The van der Waals surface area contributed by atoms with Crippen molar-refractivity contribution < 1.29 is 18.0 Å². The van der Waals surface area contributed by atoms with Crippen molar-refractivity contribution in [3.05, 3.63) is 77.5 Å². The van der Waals surface area contributed by atoms with Crippen LogP contribution >= 0.6 is 0 Å². The second-order valence-electron chi connectivity index (χ2n) is 11.8. The predicted molar refractivity (Wildman–Crippen MR) is 162 cm³/mol. The Hall–Kier alpha value is -3.70. The molecule has 1 aromatic heterocycles. The minimum Gasteiger partial charge on any atom is -0.338 e. The number of aromatic nitrogens is 2. The van der Waals surface area contributed by atoms with Crippen LogP contribution in [0.25, 0.3) is 0 Å². The lowest BCUT2D eigenvalue weighted by Crippen LogP contribution is -2.47. The van der Waals surface area contributed by atoms with Gasteiger partial charge < -0.3 is 15.5 Å². The molecule has 3 aliphatic rings. The molecule has 1 atom stereocenters. The number of piperidine rings is 2. The molecule has 2 amide bonds. The number of para-hydroxylation sites is 1. The summed E-state index contributed by atoms with van der Waals surface area (Å²) in [6.45, 7) is 3.41. The van der Waals surface area contributed by atoms with Crippen LogP contribution in [0.5, 0.6) is 0 Å². The van der Waals surface area contributed by atoms with Gasteiger partial charge in [0.05, 0.1) is 24.1 Å². The Kier molecular flexibility index (Phi) is 7.80. The van der Waals surface area contributed by atoms with Gasteiger partial charge in [-0.15, -0.1) is 0 Å². The SMILES string of the molecule is CS(=O)(=O)N1CC2(CCN(C(=O)c3cnn(CCc4ccccc4)c3NC(=O)C3CCCNC3)CC2)c2ccccc21. The van der Waals surface area contributed by atoms with Crippen molar-refractivity contribution in [2.75, 3.05) is 48.6 Å². The zero-order valence-electron chi connectivity index (χ0n) is 24.0. The first-order chi connectivity index (χ1) is 20.2. The Labute approximate surface area is 247 Å². The van der Waals surface area contributed by atoms with Gasteiger partial charge in [0.1, 0.15) is 11.4 Å². The van der Waals surface area contributed by atoms with E-state index < -0.39 is 10.0 Å². The van der Waals surface area contributed by atoms with Crippen molar-refractivity contribution >= 4 is 33.3 Å². The molecule has 0 bridgehead atoms. The average molecular weight is 591 g/mol. The van der Waals surface area contributed by atoms with E-state index in [1.807, 2.05) is 47.4 Å². The number of nitrogens with zero attached hydrogens (tertiary/aromatic N) is 4. The van der Waals surface area contributed by atoms with Crippen molar-refractivity contribution in [3.63, 3.8) is 0 Å². The molecule has 0 aliphatic carbocycles. The molecule has 0 saturated carbocycles. The fourth-order valence-corrected chi connectivity index (χ4v) is 7.63.